The summed E-state index contributed by atoms with van der Waals surface area (Å²) in [5, 5.41) is 9.21. The second-order valence-corrected chi connectivity index (χ2v) is 4.61. The Morgan fingerprint density at radius 1 is 1.43 bits per heavy atom. The largest absolute Gasteiger partial charge is 0.350 e. The number of nitrogen functional groups attached to an aromatic ring is 1. The van der Waals surface area contributed by atoms with Crippen LogP contribution in [0.4, 0.5) is 11.8 Å². The van der Waals surface area contributed by atoms with Gasteiger partial charge in [0.05, 0.1) is 18.7 Å². The summed E-state index contributed by atoms with van der Waals surface area (Å²) in [5.41, 5.74) is 3.38. The summed E-state index contributed by atoms with van der Waals surface area (Å²) < 4.78 is 0. The second-order valence-electron chi connectivity index (χ2n) is 4.20. The van der Waals surface area contributed by atoms with Crippen LogP contribution in [-0.4, -0.2) is 21.5 Å². The Balaban J connectivity index is 2.29. The van der Waals surface area contributed by atoms with Crippen molar-refractivity contribution in [2.75, 3.05) is 16.9 Å². The number of nitrogens with zero attached hydrogens (tertiary/aromatic N) is 5. The second kappa shape index (κ2) is 7.38. The molecule has 0 unspecified atom stereocenters. The number of aromatic nitrogens is 3. The van der Waals surface area contributed by atoms with Crippen LogP contribution in [0.5, 0.6) is 0 Å². The van der Waals surface area contributed by atoms with E-state index >= 15 is 0 Å². The lowest BCUT2D eigenvalue weighted by atomic mass is 10.2. The van der Waals surface area contributed by atoms with Gasteiger partial charge in [-0.1, -0.05) is 17.7 Å². The first-order chi connectivity index (χ1) is 10.2. The van der Waals surface area contributed by atoms with Crippen LogP contribution in [0.15, 0.2) is 30.7 Å². The molecule has 8 heteroatoms. The number of hydrogen-bond donors (Lipinski definition) is 2. The van der Waals surface area contributed by atoms with E-state index in [0.29, 0.717) is 30.4 Å². The van der Waals surface area contributed by atoms with Crippen molar-refractivity contribution in [1.82, 2.24) is 15.0 Å². The molecule has 0 aromatic carbocycles. The van der Waals surface area contributed by atoms with Crippen molar-refractivity contribution in [1.29, 1.82) is 5.26 Å². The van der Waals surface area contributed by atoms with Gasteiger partial charge in [-0.25, -0.2) is 10.8 Å². The highest BCUT2D eigenvalue weighted by molar-refractivity contribution is 6.32. The molecule has 0 aliphatic rings. The Kier molecular flexibility index (Phi) is 5.26. The number of hydrazine groups is 1. The zero-order chi connectivity index (χ0) is 15.1. The van der Waals surface area contributed by atoms with Crippen LogP contribution in [0.3, 0.4) is 0 Å². The van der Waals surface area contributed by atoms with Crippen molar-refractivity contribution < 1.29 is 0 Å². The van der Waals surface area contributed by atoms with Gasteiger partial charge in [-0.3, -0.25) is 10.4 Å². The molecule has 0 radical (unpaired) electrons. The van der Waals surface area contributed by atoms with Crippen LogP contribution in [0.1, 0.15) is 12.0 Å². The Bertz CT molecular complexity index is 626. The number of pyridine rings is 1. The quantitative estimate of drug-likeness (QED) is 0.618. The molecule has 0 aliphatic carbocycles. The zero-order valence-electron chi connectivity index (χ0n) is 11.2. The van der Waals surface area contributed by atoms with Gasteiger partial charge in [-0.05, 0) is 11.6 Å². The summed E-state index contributed by atoms with van der Waals surface area (Å²) >= 11 is 6.16. The molecule has 0 aliphatic heterocycles. The molecule has 3 N–H and O–H groups in total. The highest BCUT2D eigenvalue weighted by Crippen LogP contribution is 2.25. The molecule has 0 spiro atoms. The molecular weight excluding hydrogens is 290 g/mol. The van der Waals surface area contributed by atoms with E-state index in [-0.39, 0.29) is 5.95 Å². The van der Waals surface area contributed by atoms with E-state index in [0.717, 1.165) is 5.56 Å². The Labute approximate surface area is 127 Å². The molecule has 2 aromatic heterocycles. The predicted octanol–water partition coefficient (Wildman–Crippen LogP) is 1.73. The van der Waals surface area contributed by atoms with E-state index in [1.54, 1.807) is 12.4 Å². The molecule has 0 atom stereocenters. The molecule has 2 rings (SSSR count). The number of hydrogen-bond acceptors (Lipinski definition) is 7. The Hall–Kier alpha value is -2.43. The first-order valence-corrected chi connectivity index (χ1v) is 6.62. The summed E-state index contributed by atoms with van der Waals surface area (Å²) in [6, 6.07) is 5.92. The summed E-state index contributed by atoms with van der Waals surface area (Å²) in [7, 11) is 0. The first-order valence-electron chi connectivity index (χ1n) is 6.24. The average molecular weight is 304 g/mol. The van der Waals surface area contributed by atoms with E-state index < -0.39 is 0 Å². The van der Waals surface area contributed by atoms with Crippen LogP contribution in [0.2, 0.25) is 5.02 Å². The molecule has 21 heavy (non-hydrogen) atoms. The number of nitrogens with one attached hydrogen (secondary N) is 1. The lowest BCUT2D eigenvalue weighted by Crippen LogP contribution is -2.26. The number of rotatable bonds is 6. The number of halogens is 1. The maximum Gasteiger partial charge on any atom is 0.239 e. The van der Waals surface area contributed by atoms with Gasteiger partial charge in [0.2, 0.25) is 5.95 Å². The maximum absolute atomic E-state index is 8.81. The van der Waals surface area contributed by atoms with Gasteiger partial charge in [0.15, 0.2) is 5.82 Å². The maximum atomic E-state index is 8.81. The highest BCUT2D eigenvalue weighted by Gasteiger charge is 2.14. The van der Waals surface area contributed by atoms with Crippen molar-refractivity contribution >= 4 is 23.4 Å². The molecule has 2 heterocycles. The highest BCUT2D eigenvalue weighted by atomic mass is 35.5. The smallest absolute Gasteiger partial charge is 0.239 e. The van der Waals surface area contributed by atoms with Crippen molar-refractivity contribution in [2.45, 2.75) is 13.0 Å². The molecule has 7 nitrogen and oxygen atoms in total. The third-order valence-corrected chi connectivity index (χ3v) is 3.01. The summed E-state index contributed by atoms with van der Waals surface area (Å²) in [6.07, 6.45) is 5.29. The van der Waals surface area contributed by atoms with Crippen LogP contribution in [-0.2, 0) is 6.54 Å². The molecule has 0 bridgehead atoms. The lowest BCUT2D eigenvalue weighted by molar-refractivity contribution is 0.778. The molecular formula is C13H14ClN7. The fourth-order valence-corrected chi connectivity index (χ4v) is 2.02. The van der Waals surface area contributed by atoms with E-state index in [4.69, 9.17) is 22.7 Å². The minimum atomic E-state index is 0.266. The third-order valence-electron chi connectivity index (χ3n) is 2.74. The minimum absolute atomic E-state index is 0.266. The zero-order valence-corrected chi connectivity index (χ0v) is 12.0. The van der Waals surface area contributed by atoms with E-state index in [1.807, 2.05) is 17.0 Å². The van der Waals surface area contributed by atoms with Gasteiger partial charge in [0, 0.05) is 25.5 Å². The van der Waals surface area contributed by atoms with Crippen molar-refractivity contribution in [3.8, 4) is 6.07 Å². The summed E-state index contributed by atoms with van der Waals surface area (Å²) in [4.78, 5) is 14.2. The Morgan fingerprint density at radius 3 is 2.95 bits per heavy atom. The van der Waals surface area contributed by atoms with Crippen LogP contribution in [0.25, 0.3) is 0 Å². The molecule has 0 saturated carbocycles. The van der Waals surface area contributed by atoms with Gasteiger partial charge < -0.3 is 4.90 Å². The topological polar surface area (TPSA) is 104 Å². The van der Waals surface area contributed by atoms with Crippen molar-refractivity contribution in [3.05, 3.63) is 41.3 Å². The van der Waals surface area contributed by atoms with Crippen LogP contribution < -0.4 is 16.2 Å². The predicted molar refractivity (Wildman–Crippen MR) is 80.4 cm³/mol. The van der Waals surface area contributed by atoms with Gasteiger partial charge in [-0.15, -0.1) is 0 Å². The number of nitriles is 1. The fraction of sp³-hybridized carbons (Fsp3) is 0.231. The number of nitrogens with two attached hydrogens (primary N) is 1. The standard InChI is InChI=1S/C13H14ClN7/c14-11-8-18-13(20-16)19-12(11)21(6-2-4-15)9-10-3-1-5-17-7-10/h1,3,5,7-8H,2,6,9,16H2,(H,18,19,20). The first kappa shape index (κ1) is 15.0. The lowest BCUT2D eigenvalue weighted by Gasteiger charge is -2.23. The van der Waals surface area contributed by atoms with Crippen LogP contribution in [0, 0.1) is 11.3 Å². The molecule has 0 saturated heterocycles. The minimum Gasteiger partial charge on any atom is -0.350 e. The van der Waals surface area contributed by atoms with Crippen molar-refractivity contribution in [3.63, 3.8) is 0 Å². The summed E-state index contributed by atoms with van der Waals surface area (Å²) in [5.74, 6) is 6.12. The van der Waals surface area contributed by atoms with Gasteiger partial charge >= 0.3 is 0 Å². The molecule has 0 amide bonds. The van der Waals surface area contributed by atoms with Gasteiger partial charge in [0.25, 0.3) is 0 Å². The van der Waals surface area contributed by atoms with Crippen LogP contribution >= 0.6 is 11.6 Å². The number of anilines is 2. The van der Waals surface area contributed by atoms with E-state index in [2.05, 4.69) is 26.4 Å². The average Bonchev–Trinajstić information content (AvgIpc) is 2.53. The third kappa shape index (κ3) is 4.02. The SMILES string of the molecule is N#CCCN(Cc1cccnc1)c1nc(NN)ncc1Cl. The van der Waals surface area contributed by atoms with Gasteiger partial charge in [-0.2, -0.15) is 10.2 Å². The fourth-order valence-electron chi connectivity index (χ4n) is 1.81. The molecule has 0 fully saturated rings. The van der Waals surface area contributed by atoms with Crippen molar-refractivity contribution in [2.24, 2.45) is 5.84 Å². The summed E-state index contributed by atoms with van der Waals surface area (Å²) in [6.45, 7) is 1.03. The monoisotopic (exact) mass is 303 g/mol. The van der Waals surface area contributed by atoms with Gasteiger partial charge in [0.1, 0.15) is 5.02 Å². The Morgan fingerprint density at radius 2 is 2.29 bits per heavy atom. The normalized spacial score (nSPS) is 9.95. The molecule has 108 valence electrons. The van der Waals surface area contributed by atoms with E-state index in [9.17, 15) is 0 Å². The molecule has 2 aromatic rings. The van der Waals surface area contributed by atoms with E-state index in [1.165, 1.54) is 6.20 Å².